The topological polar surface area (TPSA) is 84.5 Å². The van der Waals surface area contributed by atoms with Crippen LogP contribution in [0.3, 0.4) is 0 Å². The molecule has 35 heavy (non-hydrogen) atoms. The Morgan fingerprint density at radius 2 is 1.77 bits per heavy atom. The summed E-state index contributed by atoms with van der Waals surface area (Å²) in [4.78, 5) is 28.9. The van der Waals surface area contributed by atoms with Crippen LogP contribution < -0.4 is 0 Å². The number of aryl methyl sites for hydroxylation is 1. The summed E-state index contributed by atoms with van der Waals surface area (Å²) in [5, 5.41) is 15.7. The maximum absolute atomic E-state index is 13.5. The van der Waals surface area contributed by atoms with E-state index in [1.807, 2.05) is 4.68 Å². The summed E-state index contributed by atoms with van der Waals surface area (Å²) in [5.41, 5.74) is 2.52. The van der Waals surface area contributed by atoms with E-state index in [-0.39, 0.29) is 21.6 Å². The van der Waals surface area contributed by atoms with Crippen LogP contribution in [0.4, 0.5) is 5.69 Å². The molecule has 1 saturated heterocycles. The first kappa shape index (κ1) is 22.7. The van der Waals surface area contributed by atoms with Gasteiger partial charge in [0.15, 0.2) is 0 Å². The van der Waals surface area contributed by atoms with Crippen LogP contribution >= 0.6 is 0 Å². The largest absolute Gasteiger partial charge is 0.340 e. The molecule has 0 N–H and O–H groups in total. The van der Waals surface area contributed by atoms with Gasteiger partial charge in [0, 0.05) is 39.1 Å². The molecule has 0 radical (unpaired) electrons. The molecule has 4 bridgehead atoms. The van der Waals surface area contributed by atoms with Gasteiger partial charge in [-0.2, -0.15) is 5.10 Å². The molecule has 2 atom stereocenters. The Kier molecular flexibility index (Phi) is 5.47. The van der Waals surface area contributed by atoms with Crippen LogP contribution in [0, 0.1) is 34.3 Å². The van der Waals surface area contributed by atoms with Crippen LogP contribution in [-0.2, 0) is 16.9 Å². The molecule has 8 nitrogen and oxygen atoms in total. The van der Waals surface area contributed by atoms with Gasteiger partial charge in [0.1, 0.15) is 12.4 Å². The maximum atomic E-state index is 13.5. The number of nitrogens with zero attached hydrogens (tertiary/aromatic N) is 5. The minimum absolute atomic E-state index is 0.0148. The fourth-order valence-electron chi connectivity index (χ4n) is 8.08. The molecule has 5 aliphatic rings. The summed E-state index contributed by atoms with van der Waals surface area (Å²) < 4.78 is 1.89. The molecule has 4 aliphatic carbocycles. The smallest absolute Gasteiger partial charge is 0.307 e. The number of rotatable bonds is 6. The number of piperazine rings is 1. The molecule has 186 valence electrons. The first-order valence-corrected chi connectivity index (χ1v) is 13.1. The second kappa shape index (κ2) is 8.43. The van der Waals surface area contributed by atoms with E-state index >= 15 is 0 Å². The summed E-state index contributed by atoms with van der Waals surface area (Å²) in [5.74, 6) is 1.49. The fourth-order valence-corrected chi connectivity index (χ4v) is 8.08. The Labute approximate surface area is 206 Å². The average Bonchev–Trinajstić information content (AvgIpc) is 3.32. The molecule has 1 aromatic heterocycles. The van der Waals surface area contributed by atoms with Crippen molar-refractivity contribution in [2.45, 2.75) is 64.0 Å². The van der Waals surface area contributed by atoms with Crippen LogP contribution in [0.1, 0.15) is 56.1 Å². The number of amides is 1. The molecule has 7 rings (SSSR count). The Morgan fingerprint density at radius 1 is 1.09 bits per heavy atom. The van der Waals surface area contributed by atoms with Crippen molar-refractivity contribution in [1.29, 1.82) is 0 Å². The molecule has 2 aromatic rings. The number of benzene rings is 1. The van der Waals surface area contributed by atoms with Crippen LogP contribution in [0.5, 0.6) is 0 Å². The minimum Gasteiger partial charge on any atom is -0.340 e. The van der Waals surface area contributed by atoms with E-state index in [9.17, 15) is 14.9 Å². The van der Waals surface area contributed by atoms with Crippen molar-refractivity contribution in [3.8, 4) is 0 Å². The van der Waals surface area contributed by atoms with Crippen LogP contribution in [0.25, 0.3) is 0 Å². The van der Waals surface area contributed by atoms with Gasteiger partial charge in [-0.25, -0.2) is 0 Å². The van der Waals surface area contributed by atoms with E-state index < -0.39 is 0 Å². The van der Waals surface area contributed by atoms with Gasteiger partial charge >= 0.3 is 5.69 Å². The molecule has 2 heterocycles. The third-order valence-corrected chi connectivity index (χ3v) is 9.20. The summed E-state index contributed by atoms with van der Waals surface area (Å²) in [6.07, 6.45) is 10.1. The number of aromatic nitrogens is 2. The van der Waals surface area contributed by atoms with Crippen molar-refractivity contribution in [2.24, 2.45) is 17.3 Å². The van der Waals surface area contributed by atoms with Crippen molar-refractivity contribution in [3.05, 3.63) is 57.9 Å². The zero-order valence-electron chi connectivity index (χ0n) is 20.6. The van der Waals surface area contributed by atoms with Gasteiger partial charge < -0.3 is 4.90 Å². The minimum atomic E-state index is -0.359. The molecule has 8 heteroatoms. The normalized spacial score (nSPS) is 32.2. The summed E-state index contributed by atoms with van der Waals surface area (Å²) in [6.45, 7) is 6.47. The van der Waals surface area contributed by atoms with E-state index in [1.165, 1.54) is 23.7 Å². The lowest BCUT2D eigenvalue weighted by Gasteiger charge is -2.62. The lowest BCUT2D eigenvalue weighted by molar-refractivity contribution is -0.385. The maximum Gasteiger partial charge on any atom is 0.307 e. The van der Waals surface area contributed by atoms with Crippen molar-refractivity contribution >= 4 is 11.6 Å². The Morgan fingerprint density at radius 3 is 2.40 bits per heavy atom. The Bertz CT molecular complexity index is 1100. The van der Waals surface area contributed by atoms with Crippen molar-refractivity contribution in [3.63, 3.8) is 0 Å². The predicted molar refractivity (Wildman–Crippen MR) is 132 cm³/mol. The van der Waals surface area contributed by atoms with Gasteiger partial charge in [-0.05, 0) is 68.3 Å². The van der Waals surface area contributed by atoms with Gasteiger partial charge in [-0.15, -0.1) is 0 Å². The van der Waals surface area contributed by atoms with Crippen LogP contribution in [0.2, 0.25) is 0 Å². The van der Waals surface area contributed by atoms with E-state index in [1.54, 1.807) is 6.20 Å². The van der Waals surface area contributed by atoms with Gasteiger partial charge in [0.2, 0.25) is 5.91 Å². The first-order valence-electron chi connectivity index (χ1n) is 13.1. The van der Waals surface area contributed by atoms with Crippen LogP contribution in [-0.4, -0.2) is 56.6 Å². The quantitative estimate of drug-likeness (QED) is 0.461. The van der Waals surface area contributed by atoms with Gasteiger partial charge in [0.05, 0.1) is 10.5 Å². The third kappa shape index (κ3) is 4.26. The second-order valence-corrected chi connectivity index (χ2v) is 11.9. The number of hydrogen-bond donors (Lipinski definition) is 0. The van der Waals surface area contributed by atoms with E-state index in [0.29, 0.717) is 24.2 Å². The van der Waals surface area contributed by atoms with Crippen molar-refractivity contribution in [2.75, 3.05) is 26.2 Å². The Balaban J connectivity index is 1.11. The summed E-state index contributed by atoms with van der Waals surface area (Å²) >= 11 is 0. The molecule has 0 spiro atoms. The van der Waals surface area contributed by atoms with E-state index in [0.717, 1.165) is 64.8 Å². The van der Waals surface area contributed by atoms with Crippen molar-refractivity contribution < 1.29 is 9.72 Å². The fraction of sp³-hybridized carbons (Fsp3) is 0.630. The highest BCUT2D eigenvalue weighted by Gasteiger charge is 2.59. The molecule has 4 saturated carbocycles. The van der Waals surface area contributed by atoms with Gasteiger partial charge in [0.25, 0.3) is 0 Å². The average molecular weight is 478 g/mol. The van der Waals surface area contributed by atoms with Gasteiger partial charge in [-0.1, -0.05) is 29.8 Å². The summed E-state index contributed by atoms with van der Waals surface area (Å²) in [6, 6.07) is 8.72. The zero-order chi connectivity index (χ0) is 24.2. The number of nitro groups is 1. The van der Waals surface area contributed by atoms with E-state index in [2.05, 4.69) is 46.1 Å². The molecule has 1 amide bonds. The number of carbonyl (C=O) groups excluding carboxylic acids is 1. The van der Waals surface area contributed by atoms with Crippen LogP contribution in [0.15, 0.2) is 36.7 Å². The first-order chi connectivity index (χ1) is 16.8. The Hall–Kier alpha value is -2.74. The lowest BCUT2D eigenvalue weighted by atomic mass is 9.46. The SMILES string of the molecule is Cc1ccc(CN2CCN(C(=O)CC34CC5CC(C3)CC(n3cc([N+](=O)[O-])cn3)(C5)C4)CC2)cc1. The highest BCUT2D eigenvalue weighted by Crippen LogP contribution is 2.65. The predicted octanol–water partition coefficient (Wildman–Crippen LogP) is 4.13. The highest BCUT2D eigenvalue weighted by atomic mass is 16.6. The molecular formula is C27H35N5O3. The van der Waals surface area contributed by atoms with E-state index in [4.69, 9.17) is 0 Å². The molecule has 1 aromatic carbocycles. The number of carbonyl (C=O) groups is 1. The molecule has 2 unspecified atom stereocenters. The zero-order valence-corrected chi connectivity index (χ0v) is 20.6. The molecule has 5 fully saturated rings. The molecule has 1 aliphatic heterocycles. The lowest BCUT2D eigenvalue weighted by Crippen LogP contribution is -2.58. The monoisotopic (exact) mass is 477 g/mol. The summed E-state index contributed by atoms with van der Waals surface area (Å²) in [7, 11) is 0. The highest BCUT2D eigenvalue weighted by molar-refractivity contribution is 5.77. The van der Waals surface area contributed by atoms with Gasteiger partial charge in [-0.3, -0.25) is 24.5 Å². The molecular weight excluding hydrogens is 442 g/mol. The standard InChI is InChI=1S/C27H35N5O3/c1-20-2-4-21(5-3-20)17-29-6-8-30(9-7-29)25(33)15-26-11-22-10-23(12-26)14-27(13-22,19-26)31-18-24(16-28-31)32(34)35/h2-5,16,18,22-23H,6-15,17,19H2,1H3. The second-order valence-electron chi connectivity index (χ2n) is 11.9. The van der Waals surface area contributed by atoms with Crippen molar-refractivity contribution in [1.82, 2.24) is 19.6 Å². The number of hydrogen-bond acceptors (Lipinski definition) is 5. The third-order valence-electron chi connectivity index (χ3n) is 9.20.